The highest BCUT2D eigenvalue weighted by Gasteiger charge is 2.25. The molecule has 3 heteroatoms. The summed E-state index contributed by atoms with van der Waals surface area (Å²) >= 11 is 3.45. The van der Waals surface area contributed by atoms with Crippen LogP contribution in [-0.2, 0) is 6.54 Å². The molecule has 0 radical (unpaired) electrons. The van der Waals surface area contributed by atoms with Crippen molar-refractivity contribution in [2.24, 2.45) is 0 Å². The number of nitrogens with one attached hydrogen (secondary N) is 1. The zero-order valence-corrected chi connectivity index (χ0v) is 11.5. The van der Waals surface area contributed by atoms with Crippen LogP contribution in [0.5, 0.6) is 0 Å². The molecule has 0 saturated carbocycles. The maximum atomic E-state index is 3.62. The average molecular weight is 283 g/mol. The molecule has 0 aliphatic carbocycles. The second-order valence-electron chi connectivity index (χ2n) is 4.73. The molecule has 0 amide bonds. The lowest BCUT2D eigenvalue weighted by molar-refractivity contribution is 0.326. The molecule has 2 atom stereocenters. The number of halogens is 1. The number of nitrogens with zero attached hydrogens (tertiary/aromatic N) is 1. The predicted molar refractivity (Wildman–Crippen MR) is 71.5 cm³/mol. The molecule has 16 heavy (non-hydrogen) atoms. The topological polar surface area (TPSA) is 15.3 Å². The van der Waals surface area contributed by atoms with E-state index in [4.69, 9.17) is 0 Å². The zero-order valence-electron chi connectivity index (χ0n) is 9.91. The van der Waals surface area contributed by atoms with Gasteiger partial charge in [0.25, 0.3) is 0 Å². The van der Waals surface area contributed by atoms with Crippen LogP contribution in [0, 0.1) is 0 Å². The molecule has 1 fully saturated rings. The van der Waals surface area contributed by atoms with E-state index in [2.05, 4.69) is 64.4 Å². The van der Waals surface area contributed by atoms with Crippen LogP contribution in [-0.4, -0.2) is 30.6 Å². The van der Waals surface area contributed by atoms with Crippen LogP contribution in [0.2, 0.25) is 0 Å². The van der Waals surface area contributed by atoms with Crippen molar-refractivity contribution in [3.63, 3.8) is 0 Å². The summed E-state index contributed by atoms with van der Waals surface area (Å²) in [5.41, 5.74) is 1.35. The summed E-state index contributed by atoms with van der Waals surface area (Å²) in [6, 6.07) is 9.88. The molecule has 1 aromatic rings. The van der Waals surface area contributed by atoms with Crippen LogP contribution in [0.3, 0.4) is 0 Å². The highest BCUT2D eigenvalue weighted by Crippen LogP contribution is 2.16. The van der Waals surface area contributed by atoms with Gasteiger partial charge in [0, 0.05) is 29.6 Å². The van der Waals surface area contributed by atoms with Crippen molar-refractivity contribution in [3.8, 4) is 0 Å². The van der Waals surface area contributed by atoms with Gasteiger partial charge in [0.1, 0.15) is 0 Å². The van der Waals surface area contributed by atoms with E-state index in [1.807, 2.05) is 0 Å². The van der Waals surface area contributed by atoms with E-state index in [1.165, 1.54) is 12.0 Å². The lowest BCUT2D eigenvalue weighted by atomic mass is 10.1. The molecule has 0 aromatic heterocycles. The van der Waals surface area contributed by atoms with Crippen LogP contribution in [0.15, 0.2) is 28.7 Å². The fourth-order valence-corrected chi connectivity index (χ4v) is 2.47. The quantitative estimate of drug-likeness (QED) is 0.917. The van der Waals surface area contributed by atoms with Gasteiger partial charge in [-0.2, -0.15) is 0 Å². The van der Waals surface area contributed by atoms with Crippen LogP contribution >= 0.6 is 15.9 Å². The Labute approximate surface area is 106 Å². The Morgan fingerprint density at radius 1 is 1.38 bits per heavy atom. The smallest absolute Gasteiger partial charge is 0.0212 e. The second kappa shape index (κ2) is 5.30. The van der Waals surface area contributed by atoms with Crippen LogP contribution in [0.1, 0.15) is 18.9 Å². The molecular formula is C13H19BrN2. The maximum absolute atomic E-state index is 3.62. The maximum Gasteiger partial charge on any atom is 0.0212 e. The first-order valence-corrected chi connectivity index (χ1v) is 6.62. The molecule has 2 rings (SSSR count). The van der Waals surface area contributed by atoms with Crippen molar-refractivity contribution in [1.82, 2.24) is 10.2 Å². The number of likely N-dealkylation sites (N-methyl/N-ethyl adjacent to an activating group) is 1. The lowest BCUT2D eigenvalue weighted by Crippen LogP contribution is -2.31. The minimum absolute atomic E-state index is 0.642. The summed E-state index contributed by atoms with van der Waals surface area (Å²) in [7, 11) is 2.20. The summed E-state index contributed by atoms with van der Waals surface area (Å²) in [5, 5.41) is 3.62. The fourth-order valence-electron chi connectivity index (χ4n) is 2.21. The van der Waals surface area contributed by atoms with Crippen molar-refractivity contribution < 1.29 is 0 Å². The van der Waals surface area contributed by atoms with Gasteiger partial charge in [-0.3, -0.25) is 0 Å². The largest absolute Gasteiger partial charge is 0.309 e. The van der Waals surface area contributed by atoms with Gasteiger partial charge in [0.05, 0.1) is 0 Å². The van der Waals surface area contributed by atoms with Gasteiger partial charge < -0.3 is 10.2 Å². The molecule has 1 aromatic carbocycles. The molecule has 1 heterocycles. The molecule has 1 N–H and O–H groups in total. The molecule has 0 bridgehead atoms. The van der Waals surface area contributed by atoms with Crippen LogP contribution in [0.25, 0.3) is 0 Å². The normalized spacial score (nSPS) is 26.2. The fraction of sp³-hybridized carbons (Fsp3) is 0.538. The van der Waals surface area contributed by atoms with Gasteiger partial charge in [0.15, 0.2) is 0 Å². The third-order valence-corrected chi connectivity index (χ3v) is 3.92. The molecule has 1 saturated heterocycles. The molecule has 1 aliphatic heterocycles. The summed E-state index contributed by atoms with van der Waals surface area (Å²) in [5.74, 6) is 0. The van der Waals surface area contributed by atoms with E-state index in [-0.39, 0.29) is 0 Å². The van der Waals surface area contributed by atoms with Gasteiger partial charge in [-0.25, -0.2) is 0 Å². The zero-order chi connectivity index (χ0) is 11.5. The predicted octanol–water partition coefficient (Wildman–Crippen LogP) is 2.63. The first kappa shape index (κ1) is 12.1. The summed E-state index contributed by atoms with van der Waals surface area (Å²) in [6.45, 7) is 4.43. The number of hydrogen-bond donors (Lipinski definition) is 1. The molecule has 0 spiro atoms. The minimum Gasteiger partial charge on any atom is -0.309 e. The number of rotatable bonds is 3. The second-order valence-corrected chi connectivity index (χ2v) is 5.64. The Morgan fingerprint density at radius 3 is 2.62 bits per heavy atom. The van der Waals surface area contributed by atoms with E-state index in [9.17, 15) is 0 Å². The molecule has 88 valence electrons. The molecular weight excluding hydrogens is 264 g/mol. The SMILES string of the molecule is CC1CC(NCc2ccc(Br)cc2)CN1C. The number of benzene rings is 1. The van der Waals surface area contributed by atoms with E-state index in [1.54, 1.807) is 0 Å². The van der Waals surface area contributed by atoms with Crippen LogP contribution in [0.4, 0.5) is 0 Å². The van der Waals surface area contributed by atoms with E-state index < -0.39 is 0 Å². The number of hydrogen-bond acceptors (Lipinski definition) is 2. The van der Waals surface area contributed by atoms with E-state index in [0.717, 1.165) is 17.6 Å². The summed E-state index contributed by atoms with van der Waals surface area (Å²) < 4.78 is 1.14. The van der Waals surface area contributed by atoms with Crippen molar-refractivity contribution in [3.05, 3.63) is 34.3 Å². The Balaban J connectivity index is 1.82. The van der Waals surface area contributed by atoms with Crippen molar-refractivity contribution in [2.45, 2.75) is 32.0 Å². The Bertz CT molecular complexity index is 326. The first-order chi connectivity index (χ1) is 7.65. The molecule has 2 unspecified atom stereocenters. The highest BCUT2D eigenvalue weighted by molar-refractivity contribution is 9.10. The third-order valence-electron chi connectivity index (χ3n) is 3.39. The summed E-state index contributed by atoms with van der Waals surface area (Å²) in [6.07, 6.45) is 1.26. The average Bonchev–Trinajstić information content (AvgIpc) is 2.58. The third kappa shape index (κ3) is 3.06. The Morgan fingerprint density at radius 2 is 2.06 bits per heavy atom. The van der Waals surface area contributed by atoms with Crippen molar-refractivity contribution in [2.75, 3.05) is 13.6 Å². The Hall–Kier alpha value is -0.380. The van der Waals surface area contributed by atoms with E-state index >= 15 is 0 Å². The monoisotopic (exact) mass is 282 g/mol. The van der Waals surface area contributed by atoms with Gasteiger partial charge in [0.2, 0.25) is 0 Å². The number of likely N-dealkylation sites (tertiary alicyclic amines) is 1. The van der Waals surface area contributed by atoms with Gasteiger partial charge >= 0.3 is 0 Å². The summed E-state index contributed by atoms with van der Waals surface area (Å²) in [4.78, 5) is 2.42. The van der Waals surface area contributed by atoms with Gasteiger partial charge in [-0.1, -0.05) is 28.1 Å². The highest BCUT2D eigenvalue weighted by atomic mass is 79.9. The van der Waals surface area contributed by atoms with Crippen molar-refractivity contribution in [1.29, 1.82) is 0 Å². The van der Waals surface area contributed by atoms with E-state index in [0.29, 0.717) is 12.1 Å². The van der Waals surface area contributed by atoms with Gasteiger partial charge in [-0.15, -0.1) is 0 Å². The van der Waals surface area contributed by atoms with Gasteiger partial charge in [-0.05, 0) is 38.1 Å². The Kier molecular flexibility index (Phi) is 4.00. The molecule has 1 aliphatic rings. The van der Waals surface area contributed by atoms with Crippen molar-refractivity contribution >= 4 is 15.9 Å². The minimum atomic E-state index is 0.642. The molecule has 2 nitrogen and oxygen atoms in total. The van der Waals surface area contributed by atoms with Crippen LogP contribution < -0.4 is 5.32 Å². The first-order valence-electron chi connectivity index (χ1n) is 5.83. The standard InChI is InChI=1S/C13H19BrN2/c1-10-7-13(9-16(10)2)15-8-11-3-5-12(14)6-4-11/h3-6,10,13,15H,7-9H2,1-2H3. The lowest BCUT2D eigenvalue weighted by Gasteiger charge is -2.13.